The molecule has 0 bridgehead atoms. The molecule has 0 spiro atoms. The van der Waals surface area contributed by atoms with Crippen LogP contribution in [0, 0.1) is 0 Å². The number of nitrogens with zero attached hydrogens (tertiary/aromatic N) is 1. The van der Waals surface area contributed by atoms with Gasteiger partial charge in [-0.15, -0.1) is 0 Å². The first-order chi connectivity index (χ1) is 15.0. The highest BCUT2D eigenvalue weighted by Gasteiger charge is 2.34. The normalized spacial score (nSPS) is 13.8. The van der Waals surface area contributed by atoms with Gasteiger partial charge in [0.1, 0.15) is 5.75 Å². The Morgan fingerprint density at radius 2 is 1.74 bits per heavy atom. The van der Waals surface area contributed by atoms with Gasteiger partial charge < -0.3 is 10.1 Å². The van der Waals surface area contributed by atoms with Crippen molar-refractivity contribution in [3.05, 3.63) is 77.9 Å². The SMILES string of the molecule is CCN1c2ccc(C(=O)NCCc3ccc(OC)cc3)cc2-c2ccccc2S1(=O)=O. The van der Waals surface area contributed by atoms with E-state index < -0.39 is 10.0 Å². The molecule has 1 aliphatic heterocycles. The number of carbonyl (C=O) groups excluding carboxylic acids is 1. The zero-order valence-corrected chi connectivity index (χ0v) is 18.3. The summed E-state index contributed by atoms with van der Waals surface area (Å²) in [5.74, 6) is 0.607. The van der Waals surface area contributed by atoms with Gasteiger partial charge in [-0.2, -0.15) is 0 Å². The number of nitrogens with one attached hydrogen (secondary N) is 1. The van der Waals surface area contributed by atoms with Crippen LogP contribution in [0.5, 0.6) is 5.75 Å². The molecule has 6 nitrogen and oxygen atoms in total. The lowest BCUT2D eigenvalue weighted by molar-refractivity contribution is 0.0954. The summed E-state index contributed by atoms with van der Waals surface area (Å²) < 4.78 is 32.5. The third kappa shape index (κ3) is 3.88. The van der Waals surface area contributed by atoms with E-state index in [1.165, 1.54) is 4.31 Å². The van der Waals surface area contributed by atoms with Crippen LogP contribution < -0.4 is 14.4 Å². The van der Waals surface area contributed by atoms with Crippen LogP contribution >= 0.6 is 0 Å². The van der Waals surface area contributed by atoms with Gasteiger partial charge in [0.15, 0.2) is 0 Å². The summed E-state index contributed by atoms with van der Waals surface area (Å²) >= 11 is 0. The number of anilines is 1. The molecule has 0 unspecified atom stereocenters. The molecule has 0 saturated heterocycles. The van der Waals surface area contributed by atoms with Crippen LogP contribution in [0.4, 0.5) is 5.69 Å². The maximum absolute atomic E-state index is 13.0. The van der Waals surface area contributed by atoms with E-state index in [1.54, 1.807) is 56.5 Å². The van der Waals surface area contributed by atoms with Crippen LogP contribution in [0.2, 0.25) is 0 Å². The second-order valence-corrected chi connectivity index (χ2v) is 9.08. The highest BCUT2D eigenvalue weighted by Crippen LogP contribution is 2.43. The molecular formula is C24H24N2O4S. The number of carbonyl (C=O) groups is 1. The number of rotatable bonds is 6. The van der Waals surface area contributed by atoms with Crippen LogP contribution in [0.3, 0.4) is 0 Å². The second kappa shape index (κ2) is 8.43. The molecule has 1 aliphatic rings. The van der Waals surface area contributed by atoms with Crippen molar-refractivity contribution in [1.29, 1.82) is 0 Å². The minimum Gasteiger partial charge on any atom is -0.497 e. The van der Waals surface area contributed by atoms with E-state index in [4.69, 9.17) is 4.74 Å². The first-order valence-electron chi connectivity index (χ1n) is 10.1. The quantitative estimate of drug-likeness (QED) is 0.637. The van der Waals surface area contributed by atoms with Gasteiger partial charge in [0, 0.05) is 29.8 Å². The molecule has 3 aromatic rings. The number of fused-ring (bicyclic) bond motifs is 3. The predicted octanol–water partition coefficient (Wildman–Crippen LogP) is 3.86. The summed E-state index contributed by atoms with van der Waals surface area (Å²) in [5.41, 5.74) is 3.56. The fourth-order valence-electron chi connectivity index (χ4n) is 3.83. The molecule has 1 amide bonds. The Morgan fingerprint density at radius 1 is 1.00 bits per heavy atom. The molecule has 0 atom stereocenters. The predicted molar refractivity (Wildman–Crippen MR) is 121 cm³/mol. The molecule has 160 valence electrons. The van der Waals surface area contributed by atoms with Crippen molar-refractivity contribution in [1.82, 2.24) is 5.32 Å². The van der Waals surface area contributed by atoms with E-state index >= 15 is 0 Å². The number of methoxy groups -OCH3 is 1. The lowest BCUT2D eigenvalue weighted by atomic mass is 10.00. The standard InChI is InChI=1S/C24H24N2O4S/c1-3-26-22-13-10-18(16-21(22)20-6-4-5-7-23(20)31(26,28)29)24(27)25-15-14-17-8-11-19(30-2)12-9-17/h4-13,16H,3,14-15H2,1-2H3,(H,25,27). The topological polar surface area (TPSA) is 75.7 Å². The monoisotopic (exact) mass is 436 g/mol. The molecule has 0 aromatic heterocycles. The summed E-state index contributed by atoms with van der Waals surface area (Å²) in [4.78, 5) is 13.0. The van der Waals surface area contributed by atoms with E-state index in [0.29, 0.717) is 36.3 Å². The van der Waals surface area contributed by atoms with Gasteiger partial charge in [-0.05, 0) is 55.3 Å². The lowest BCUT2D eigenvalue weighted by Crippen LogP contribution is -2.34. The largest absolute Gasteiger partial charge is 0.497 e. The van der Waals surface area contributed by atoms with Gasteiger partial charge >= 0.3 is 0 Å². The molecule has 7 heteroatoms. The van der Waals surface area contributed by atoms with Gasteiger partial charge in [-0.1, -0.05) is 30.3 Å². The third-order valence-corrected chi connectivity index (χ3v) is 7.37. The smallest absolute Gasteiger partial charge is 0.264 e. The minimum absolute atomic E-state index is 0.190. The van der Waals surface area contributed by atoms with Crippen LogP contribution in [0.25, 0.3) is 11.1 Å². The van der Waals surface area contributed by atoms with E-state index in [1.807, 2.05) is 24.3 Å². The zero-order chi connectivity index (χ0) is 22.0. The highest BCUT2D eigenvalue weighted by molar-refractivity contribution is 7.93. The second-order valence-electron chi connectivity index (χ2n) is 7.25. The average molecular weight is 437 g/mol. The van der Waals surface area contributed by atoms with E-state index in [9.17, 15) is 13.2 Å². The van der Waals surface area contributed by atoms with Crippen molar-refractivity contribution in [3.8, 4) is 16.9 Å². The number of amides is 1. The van der Waals surface area contributed by atoms with Gasteiger partial charge in [-0.3, -0.25) is 9.10 Å². The molecule has 3 aromatic carbocycles. The highest BCUT2D eigenvalue weighted by atomic mass is 32.2. The summed E-state index contributed by atoms with van der Waals surface area (Å²) in [5, 5.41) is 2.95. The van der Waals surface area contributed by atoms with Crippen molar-refractivity contribution in [3.63, 3.8) is 0 Å². The average Bonchev–Trinajstić information content (AvgIpc) is 2.79. The zero-order valence-electron chi connectivity index (χ0n) is 17.5. The third-order valence-electron chi connectivity index (χ3n) is 5.42. The van der Waals surface area contributed by atoms with Crippen molar-refractivity contribution in [2.24, 2.45) is 0 Å². The van der Waals surface area contributed by atoms with Crippen LogP contribution in [0.1, 0.15) is 22.8 Å². The summed E-state index contributed by atoms with van der Waals surface area (Å²) in [6.45, 7) is 2.61. The molecule has 0 radical (unpaired) electrons. The maximum Gasteiger partial charge on any atom is 0.264 e. The van der Waals surface area contributed by atoms with Gasteiger partial charge in [0.2, 0.25) is 0 Å². The fourth-order valence-corrected chi connectivity index (χ4v) is 5.53. The molecular weight excluding hydrogens is 412 g/mol. The first-order valence-corrected chi connectivity index (χ1v) is 11.6. The Kier molecular flexibility index (Phi) is 5.69. The minimum atomic E-state index is -3.61. The Bertz CT molecular complexity index is 1220. The summed E-state index contributed by atoms with van der Waals surface area (Å²) in [6.07, 6.45) is 0.700. The number of hydrogen-bond acceptors (Lipinski definition) is 4. The molecule has 0 aliphatic carbocycles. The molecule has 0 saturated carbocycles. The molecule has 4 rings (SSSR count). The van der Waals surface area contributed by atoms with Crippen molar-refractivity contribution in [2.45, 2.75) is 18.2 Å². The van der Waals surface area contributed by atoms with E-state index in [0.717, 1.165) is 16.9 Å². The molecule has 31 heavy (non-hydrogen) atoms. The van der Waals surface area contributed by atoms with Gasteiger partial charge in [0.25, 0.3) is 15.9 Å². The maximum atomic E-state index is 13.0. The molecule has 1 heterocycles. The summed E-state index contributed by atoms with van der Waals surface area (Å²) in [6, 6.07) is 19.8. The van der Waals surface area contributed by atoms with E-state index in [-0.39, 0.29) is 10.8 Å². The Hall–Kier alpha value is -3.32. The first kappa shape index (κ1) is 20.9. The van der Waals surface area contributed by atoms with Crippen LogP contribution in [0.15, 0.2) is 71.6 Å². The van der Waals surface area contributed by atoms with Crippen LogP contribution in [-0.2, 0) is 16.4 Å². The Balaban J connectivity index is 1.56. The molecule has 0 fully saturated rings. The van der Waals surface area contributed by atoms with E-state index in [2.05, 4.69) is 5.32 Å². The summed E-state index contributed by atoms with van der Waals surface area (Å²) in [7, 11) is -1.98. The molecule has 1 N–H and O–H groups in total. The Labute approximate surface area is 182 Å². The van der Waals surface area contributed by atoms with Crippen molar-refractivity contribution >= 4 is 21.6 Å². The Morgan fingerprint density at radius 3 is 2.45 bits per heavy atom. The number of ether oxygens (including phenoxy) is 1. The number of hydrogen-bond donors (Lipinski definition) is 1. The van der Waals surface area contributed by atoms with Gasteiger partial charge in [-0.25, -0.2) is 8.42 Å². The fraction of sp³-hybridized carbons (Fsp3) is 0.208. The number of sulfonamides is 1. The van der Waals surface area contributed by atoms with Crippen molar-refractivity contribution in [2.75, 3.05) is 24.5 Å². The van der Waals surface area contributed by atoms with Gasteiger partial charge in [0.05, 0.1) is 17.7 Å². The van der Waals surface area contributed by atoms with Crippen LogP contribution in [-0.4, -0.2) is 34.5 Å². The number of benzene rings is 3. The lowest BCUT2D eigenvalue weighted by Gasteiger charge is -2.31. The van der Waals surface area contributed by atoms with Crippen molar-refractivity contribution < 1.29 is 17.9 Å².